The number of fused-ring (bicyclic) bond motifs is 4. The summed E-state index contributed by atoms with van der Waals surface area (Å²) in [5, 5.41) is 0. The highest BCUT2D eigenvalue weighted by Crippen LogP contribution is 2.47. The largest absolute Gasteiger partial charge is 0.454 e. The SMILES string of the molecule is O=C1O[C@]2(CCc3cc4c(cc3C2=O)OCO4)c2ccccc21. The van der Waals surface area contributed by atoms with Crippen LogP contribution in [0.3, 0.4) is 0 Å². The number of Topliss-reactive ketones (excluding diaryl/α,β-unsaturated/α-hetero) is 1. The molecule has 0 radical (unpaired) electrons. The topological polar surface area (TPSA) is 61.8 Å². The van der Waals surface area contributed by atoms with Crippen LogP contribution in [-0.2, 0) is 16.8 Å². The van der Waals surface area contributed by atoms with E-state index in [4.69, 9.17) is 14.2 Å². The fourth-order valence-electron chi connectivity index (χ4n) is 3.68. The van der Waals surface area contributed by atoms with E-state index in [2.05, 4.69) is 0 Å². The summed E-state index contributed by atoms with van der Waals surface area (Å²) in [5.41, 5.74) is 1.40. The molecule has 3 aliphatic rings. The molecule has 0 aromatic heterocycles. The zero-order valence-electron chi connectivity index (χ0n) is 12.1. The Morgan fingerprint density at radius 3 is 2.61 bits per heavy atom. The van der Waals surface area contributed by atoms with Crippen LogP contribution in [0.4, 0.5) is 0 Å². The lowest BCUT2D eigenvalue weighted by molar-refractivity contribution is -0.00633. The van der Waals surface area contributed by atoms with Crippen molar-refractivity contribution in [3.63, 3.8) is 0 Å². The maximum absolute atomic E-state index is 13.2. The number of esters is 1. The number of ketones is 1. The normalized spacial score (nSPS) is 23.7. The third-order valence-corrected chi connectivity index (χ3v) is 4.81. The first-order valence-electron chi connectivity index (χ1n) is 7.49. The van der Waals surface area contributed by atoms with Crippen LogP contribution in [0.2, 0.25) is 0 Å². The molecule has 2 aromatic rings. The molecule has 1 atom stereocenters. The van der Waals surface area contributed by atoms with Gasteiger partial charge in [-0.05, 0) is 30.2 Å². The van der Waals surface area contributed by atoms with Crippen LogP contribution in [0.25, 0.3) is 0 Å². The van der Waals surface area contributed by atoms with Gasteiger partial charge in [-0.2, -0.15) is 0 Å². The van der Waals surface area contributed by atoms with Gasteiger partial charge in [0.05, 0.1) is 5.56 Å². The van der Waals surface area contributed by atoms with Crippen molar-refractivity contribution in [2.24, 2.45) is 0 Å². The predicted molar refractivity (Wildman–Crippen MR) is 78.8 cm³/mol. The van der Waals surface area contributed by atoms with E-state index in [0.717, 1.165) is 5.56 Å². The molecular formula is C18H12O5. The molecule has 2 aromatic carbocycles. The smallest absolute Gasteiger partial charge is 0.339 e. The van der Waals surface area contributed by atoms with Gasteiger partial charge in [0.15, 0.2) is 11.5 Å². The standard InChI is InChI=1S/C18H12O5/c19-16-12-8-15-14(21-9-22-15)7-10(12)5-6-18(16)13-4-2-1-3-11(13)17(20)23-18/h1-4,7-8H,5-6,9H2/t18-/m1/s1. The Balaban J connectivity index is 1.69. The van der Waals surface area contributed by atoms with E-state index in [9.17, 15) is 9.59 Å². The molecule has 5 nitrogen and oxygen atoms in total. The Morgan fingerprint density at radius 2 is 1.74 bits per heavy atom. The first-order chi connectivity index (χ1) is 11.2. The fraction of sp³-hybridized carbons (Fsp3) is 0.222. The van der Waals surface area contributed by atoms with E-state index in [1.54, 1.807) is 24.3 Å². The summed E-state index contributed by atoms with van der Waals surface area (Å²) in [7, 11) is 0. The molecule has 114 valence electrons. The average molecular weight is 308 g/mol. The van der Waals surface area contributed by atoms with Gasteiger partial charge in [0.25, 0.3) is 0 Å². The second-order valence-corrected chi connectivity index (χ2v) is 5.95. The number of hydrogen-bond acceptors (Lipinski definition) is 5. The first kappa shape index (κ1) is 12.7. The van der Waals surface area contributed by atoms with Gasteiger partial charge in [0.2, 0.25) is 18.2 Å². The van der Waals surface area contributed by atoms with Gasteiger partial charge in [-0.15, -0.1) is 0 Å². The van der Waals surface area contributed by atoms with Crippen molar-refractivity contribution in [3.05, 3.63) is 58.7 Å². The van der Waals surface area contributed by atoms with Gasteiger partial charge >= 0.3 is 5.97 Å². The molecule has 0 amide bonds. The maximum Gasteiger partial charge on any atom is 0.339 e. The van der Waals surface area contributed by atoms with Crippen LogP contribution < -0.4 is 9.47 Å². The van der Waals surface area contributed by atoms with Crippen LogP contribution in [0, 0.1) is 0 Å². The van der Waals surface area contributed by atoms with Crippen LogP contribution >= 0.6 is 0 Å². The molecule has 23 heavy (non-hydrogen) atoms. The molecular weight excluding hydrogens is 296 g/mol. The summed E-state index contributed by atoms with van der Waals surface area (Å²) in [6, 6.07) is 10.7. The Kier molecular flexibility index (Phi) is 2.28. The van der Waals surface area contributed by atoms with Crippen molar-refractivity contribution in [3.8, 4) is 11.5 Å². The van der Waals surface area contributed by atoms with Gasteiger partial charge in [-0.25, -0.2) is 4.79 Å². The van der Waals surface area contributed by atoms with Crippen molar-refractivity contribution < 1.29 is 23.8 Å². The van der Waals surface area contributed by atoms with Crippen molar-refractivity contribution in [2.45, 2.75) is 18.4 Å². The predicted octanol–water partition coefficient (Wildman–Crippen LogP) is 2.61. The number of carbonyl (C=O) groups is 2. The molecule has 0 unspecified atom stereocenters. The van der Waals surface area contributed by atoms with Crippen molar-refractivity contribution in [2.75, 3.05) is 6.79 Å². The molecule has 5 heteroatoms. The van der Waals surface area contributed by atoms with Crippen molar-refractivity contribution in [1.29, 1.82) is 0 Å². The monoisotopic (exact) mass is 308 g/mol. The summed E-state index contributed by atoms with van der Waals surface area (Å²) < 4.78 is 16.3. The zero-order chi connectivity index (χ0) is 15.6. The minimum absolute atomic E-state index is 0.162. The molecule has 2 aliphatic heterocycles. The molecule has 0 N–H and O–H groups in total. The zero-order valence-corrected chi connectivity index (χ0v) is 12.1. The first-order valence-corrected chi connectivity index (χ1v) is 7.49. The highest BCUT2D eigenvalue weighted by atomic mass is 16.7. The minimum atomic E-state index is -1.20. The highest BCUT2D eigenvalue weighted by molar-refractivity contribution is 6.11. The highest BCUT2D eigenvalue weighted by Gasteiger charge is 2.53. The van der Waals surface area contributed by atoms with Crippen LogP contribution in [-0.4, -0.2) is 18.5 Å². The molecule has 0 saturated carbocycles. The van der Waals surface area contributed by atoms with E-state index in [0.29, 0.717) is 41.0 Å². The summed E-state index contributed by atoms with van der Waals surface area (Å²) in [6.07, 6.45) is 1.08. The lowest BCUT2D eigenvalue weighted by Gasteiger charge is -2.32. The second-order valence-electron chi connectivity index (χ2n) is 5.95. The molecule has 5 rings (SSSR count). The molecule has 1 aliphatic carbocycles. The number of ether oxygens (including phenoxy) is 3. The van der Waals surface area contributed by atoms with E-state index in [1.165, 1.54) is 0 Å². The molecule has 0 bridgehead atoms. The average Bonchev–Trinajstić information content (AvgIpc) is 3.14. The molecule has 0 fully saturated rings. The minimum Gasteiger partial charge on any atom is -0.454 e. The summed E-state index contributed by atoms with van der Waals surface area (Å²) in [6.45, 7) is 0.162. The molecule has 1 spiro atoms. The Labute approximate surface area is 131 Å². The Hall–Kier alpha value is -2.82. The van der Waals surface area contributed by atoms with Gasteiger partial charge in [0.1, 0.15) is 0 Å². The number of benzene rings is 2. The van der Waals surface area contributed by atoms with E-state index in [1.807, 2.05) is 12.1 Å². The third-order valence-electron chi connectivity index (χ3n) is 4.81. The van der Waals surface area contributed by atoms with E-state index in [-0.39, 0.29) is 12.6 Å². The van der Waals surface area contributed by atoms with Crippen LogP contribution in [0.1, 0.15) is 38.3 Å². The number of aryl methyl sites for hydroxylation is 1. The molecule has 0 saturated heterocycles. The second kappa shape index (κ2) is 4.13. The van der Waals surface area contributed by atoms with Crippen molar-refractivity contribution >= 4 is 11.8 Å². The Morgan fingerprint density at radius 1 is 0.957 bits per heavy atom. The molecule has 2 heterocycles. The van der Waals surface area contributed by atoms with Crippen LogP contribution in [0.5, 0.6) is 11.5 Å². The maximum atomic E-state index is 13.2. The van der Waals surface area contributed by atoms with Gasteiger partial charge < -0.3 is 14.2 Å². The van der Waals surface area contributed by atoms with Crippen molar-refractivity contribution in [1.82, 2.24) is 0 Å². The number of rotatable bonds is 0. The van der Waals surface area contributed by atoms with Gasteiger partial charge in [-0.3, -0.25) is 4.79 Å². The van der Waals surface area contributed by atoms with Crippen LogP contribution in [0.15, 0.2) is 36.4 Å². The summed E-state index contributed by atoms with van der Waals surface area (Å²) >= 11 is 0. The van der Waals surface area contributed by atoms with E-state index >= 15 is 0 Å². The Bertz CT molecular complexity index is 885. The quantitative estimate of drug-likeness (QED) is 0.700. The number of hydrogen-bond donors (Lipinski definition) is 0. The lowest BCUT2D eigenvalue weighted by atomic mass is 9.75. The lowest BCUT2D eigenvalue weighted by Crippen LogP contribution is -2.40. The summed E-state index contributed by atoms with van der Waals surface area (Å²) in [5.74, 6) is 0.608. The third kappa shape index (κ3) is 1.51. The van der Waals surface area contributed by atoms with Gasteiger partial charge in [-0.1, -0.05) is 18.2 Å². The fourth-order valence-corrected chi connectivity index (χ4v) is 3.68. The van der Waals surface area contributed by atoms with E-state index < -0.39 is 11.6 Å². The number of carbonyl (C=O) groups excluding carboxylic acids is 2. The summed E-state index contributed by atoms with van der Waals surface area (Å²) in [4.78, 5) is 25.3. The van der Waals surface area contributed by atoms with Gasteiger partial charge in [0, 0.05) is 17.5 Å².